The number of alkyl carbamates (subject to hydrolysis) is 1. The summed E-state index contributed by atoms with van der Waals surface area (Å²) >= 11 is 0. The zero-order valence-electron chi connectivity index (χ0n) is 24.0. The van der Waals surface area contributed by atoms with Gasteiger partial charge in [-0.05, 0) is 59.3 Å². The molecule has 0 aromatic carbocycles. The summed E-state index contributed by atoms with van der Waals surface area (Å²) in [7, 11) is 0. The Bertz CT molecular complexity index is 951. The van der Waals surface area contributed by atoms with E-state index >= 15 is 0 Å². The number of rotatable bonds is 18. The van der Waals surface area contributed by atoms with Gasteiger partial charge in [0, 0.05) is 6.54 Å². The predicted octanol–water partition coefficient (Wildman–Crippen LogP) is -6.74. The Morgan fingerprint density at radius 3 is 1.63 bits per heavy atom. The number of aliphatic imine (C=N–C) groups is 1. The van der Waals surface area contributed by atoms with E-state index in [4.69, 9.17) is 39.1 Å². The monoisotopic (exact) mass is 588 g/mol. The van der Waals surface area contributed by atoms with Crippen LogP contribution in [0.1, 0.15) is 59.3 Å². The molecule has 18 nitrogen and oxygen atoms in total. The van der Waals surface area contributed by atoms with E-state index in [1.165, 1.54) is 0 Å². The molecule has 3 amide bonds. The number of hydrogen-bond acceptors (Lipinski definition) is 6. The molecule has 0 aliphatic heterocycles. The van der Waals surface area contributed by atoms with Crippen LogP contribution in [-0.2, 0) is 19.1 Å². The van der Waals surface area contributed by atoms with E-state index < -0.39 is 47.6 Å². The van der Waals surface area contributed by atoms with Gasteiger partial charge < -0.3 is 37.3 Å². The van der Waals surface area contributed by atoms with Crippen molar-refractivity contribution in [2.24, 2.45) is 39.4 Å². The smallest absolute Gasteiger partial charge is 0.408 e. The van der Waals surface area contributed by atoms with Gasteiger partial charge >= 0.3 is 24.0 Å². The molecule has 0 rings (SSSR count). The van der Waals surface area contributed by atoms with E-state index in [1.807, 2.05) is 0 Å². The Kier molecular flexibility index (Phi) is 16.7. The summed E-state index contributed by atoms with van der Waals surface area (Å²) in [4.78, 5) is 59.8. The summed E-state index contributed by atoms with van der Waals surface area (Å²) < 4.78 is 5.26. The minimum atomic E-state index is -1.26. The van der Waals surface area contributed by atoms with Crippen LogP contribution in [0.25, 0.3) is 0 Å². The van der Waals surface area contributed by atoms with Crippen LogP contribution < -0.4 is 60.3 Å². The minimum Gasteiger partial charge on any atom is -0.480 e. The molecule has 18 N–H and O–H groups in total. The van der Waals surface area contributed by atoms with Crippen molar-refractivity contribution >= 4 is 41.8 Å². The molecule has 3 atom stereocenters. The molecular weight excluding hydrogens is 540 g/mol. The summed E-state index contributed by atoms with van der Waals surface area (Å²) in [6, 6.07) is -3.51. The van der Waals surface area contributed by atoms with Gasteiger partial charge in [0.1, 0.15) is 23.7 Å². The van der Waals surface area contributed by atoms with Gasteiger partial charge in [0.25, 0.3) is 0 Å². The van der Waals surface area contributed by atoms with Gasteiger partial charge in [-0.2, -0.15) is 0 Å². The van der Waals surface area contributed by atoms with E-state index in [2.05, 4.69) is 30.9 Å². The van der Waals surface area contributed by atoms with Crippen molar-refractivity contribution in [3.05, 3.63) is 0 Å². The zero-order valence-corrected chi connectivity index (χ0v) is 24.0. The van der Waals surface area contributed by atoms with E-state index in [0.29, 0.717) is 25.8 Å². The zero-order chi connectivity index (χ0) is 31.6. The van der Waals surface area contributed by atoms with Crippen molar-refractivity contribution in [3.63, 3.8) is 0 Å². The fourth-order valence-electron chi connectivity index (χ4n) is 3.37. The molecule has 0 aliphatic rings. The number of amides is 3. The minimum absolute atomic E-state index is 0.0134. The van der Waals surface area contributed by atoms with Crippen molar-refractivity contribution < 1.29 is 39.0 Å². The van der Waals surface area contributed by atoms with Gasteiger partial charge in [0.05, 0.1) is 13.1 Å². The lowest BCUT2D eigenvalue weighted by molar-refractivity contribution is -0.460. The SMILES string of the molecule is CC(C)(C)OC(=O)N[C@H](CCCN=C(N)N)C(=O)N[C@@H](CCC[NH+]=C(N)N)C(=O)N[C@@H](CCC[NH+]=C(N)N)C(=O)O. The fraction of sp³-hybridized carbons (Fsp3) is 0.696. The van der Waals surface area contributed by atoms with Crippen LogP contribution in [0.4, 0.5) is 4.79 Å². The highest BCUT2D eigenvalue weighted by molar-refractivity contribution is 5.92. The number of carbonyl (C=O) groups excluding carboxylic acids is 3. The summed E-state index contributed by atoms with van der Waals surface area (Å²) in [6.45, 7) is 5.76. The number of nitrogens with zero attached hydrogens (tertiary/aromatic N) is 1. The molecule has 0 radical (unpaired) electrons. The van der Waals surface area contributed by atoms with Crippen molar-refractivity contribution in [2.45, 2.75) is 83.0 Å². The first-order valence-corrected chi connectivity index (χ1v) is 13.1. The lowest BCUT2D eigenvalue weighted by Crippen LogP contribution is -2.78. The van der Waals surface area contributed by atoms with Crippen molar-refractivity contribution in [2.75, 3.05) is 19.6 Å². The number of carboxylic acids is 1. The summed E-state index contributed by atoms with van der Waals surface area (Å²) in [5.74, 6) is -2.84. The first kappa shape index (κ1) is 36.5. The second kappa shape index (κ2) is 18.7. The predicted molar refractivity (Wildman–Crippen MR) is 151 cm³/mol. The van der Waals surface area contributed by atoms with Crippen LogP contribution in [0, 0.1) is 0 Å². The number of hydrogen-bond donors (Lipinski definition) is 12. The van der Waals surface area contributed by atoms with Gasteiger partial charge in [-0.1, -0.05) is 0 Å². The number of carboxylic acid groups (broad SMARTS) is 1. The first-order chi connectivity index (χ1) is 19.0. The second-order valence-electron chi connectivity index (χ2n) is 10.2. The maximum Gasteiger partial charge on any atom is 0.408 e. The van der Waals surface area contributed by atoms with Gasteiger partial charge in [0.15, 0.2) is 5.96 Å². The standard InChI is InChI=1S/C23H46N12O6/c1-23(2,3)41-22(40)35-14(8-5-11-31-20(26)27)17(37)33-13(7-4-10-30-19(24)25)16(36)34-15(18(38)39)9-6-12-32-21(28)29/h13-15H,4-12H2,1-3H3,(H,33,37)(H,34,36)(H,35,40)(H,38,39)(H4,24,25,30)(H4,26,27,31)(H4,28,29,32)/p+2/t13-,14+,15-/m0/s1. The Hall–Kier alpha value is -4.51. The van der Waals surface area contributed by atoms with E-state index in [-0.39, 0.29) is 50.2 Å². The average molecular weight is 589 g/mol. The first-order valence-electron chi connectivity index (χ1n) is 13.1. The molecule has 0 spiro atoms. The number of nitrogens with one attached hydrogen (secondary N) is 5. The molecule has 0 saturated heterocycles. The number of carbonyl (C=O) groups is 4. The molecule has 0 fully saturated rings. The third-order valence-electron chi connectivity index (χ3n) is 5.20. The van der Waals surface area contributed by atoms with Gasteiger partial charge in [-0.25, -0.2) is 9.59 Å². The van der Waals surface area contributed by atoms with Crippen LogP contribution >= 0.6 is 0 Å². The molecule has 0 saturated carbocycles. The number of nitrogens with two attached hydrogens (primary N) is 6. The Morgan fingerprint density at radius 2 is 1.20 bits per heavy atom. The lowest BCUT2D eigenvalue weighted by atomic mass is 10.1. The molecule has 0 unspecified atom stereocenters. The molecule has 0 aromatic rings. The van der Waals surface area contributed by atoms with Crippen LogP contribution in [0.15, 0.2) is 4.99 Å². The van der Waals surface area contributed by atoms with E-state index in [9.17, 15) is 24.3 Å². The third kappa shape index (κ3) is 19.2. The summed E-state index contributed by atoms with van der Waals surface area (Å²) in [6.07, 6.45) is 0.416. The Morgan fingerprint density at radius 1 is 0.756 bits per heavy atom. The van der Waals surface area contributed by atoms with Crippen LogP contribution in [0.5, 0.6) is 0 Å². The Balaban J connectivity index is 5.73. The van der Waals surface area contributed by atoms with Gasteiger partial charge in [0.2, 0.25) is 11.8 Å². The Labute approximate surface area is 239 Å². The highest BCUT2D eigenvalue weighted by Crippen LogP contribution is 2.09. The van der Waals surface area contributed by atoms with Crippen molar-refractivity contribution in [1.82, 2.24) is 16.0 Å². The largest absolute Gasteiger partial charge is 0.480 e. The molecule has 0 aliphatic carbocycles. The van der Waals surface area contributed by atoms with Crippen LogP contribution in [0.2, 0.25) is 0 Å². The average Bonchev–Trinajstić information content (AvgIpc) is 2.82. The van der Waals surface area contributed by atoms with Crippen LogP contribution in [-0.4, -0.2) is 90.2 Å². The second-order valence-corrected chi connectivity index (χ2v) is 10.2. The molecular formula is C23H48N12O6+2. The fourth-order valence-corrected chi connectivity index (χ4v) is 3.37. The van der Waals surface area contributed by atoms with Gasteiger partial charge in [-0.15, -0.1) is 0 Å². The third-order valence-corrected chi connectivity index (χ3v) is 5.20. The van der Waals surface area contributed by atoms with Gasteiger partial charge in [-0.3, -0.25) is 47.5 Å². The number of guanidine groups is 3. The molecule has 0 heterocycles. The molecule has 41 heavy (non-hydrogen) atoms. The molecule has 234 valence electrons. The molecule has 18 heteroatoms. The van der Waals surface area contributed by atoms with E-state index in [0.717, 1.165) is 0 Å². The molecule has 0 aromatic heterocycles. The highest BCUT2D eigenvalue weighted by atomic mass is 16.6. The maximum atomic E-state index is 13.3. The normalized spacial score (nSPS) is 13.0. The quantitative estimate of drug-likeness (QED) is 0.0404. The lowest BCUT2D eigenvalue weighted by Gasteiger charge is -2.26. The van der Waals surface area contributed by atoms with Crippen LogP contribution in [0.3, 0.4) is 0 Å². The van der Waals surface area contributed by atoms with Crippen molar-refractivity contribution in [3.8, 4) is 0 Å². The number of aliphatic carboxylic acids is 1. The highest BCUT2D eigenvalue weighted by Gasteiger charge is 2.30. The topological polar surface area (TPSA) is 330 Å². The van der Waals surface area contributed by atoms with E-state index in [1.54, 1.807) is 20.8 Å². The maximum absolute atomic E-state index is 13.3. The number of ether oxygens (including phenoxy) is 1. The molecule has 0 bridgehead atoms. The summed E-state index contributed by atoms with van der Waals surface area (Å²) in [5.41, 5.74) is 31.3. The summed E-state index contributed by atoms with van der Waals surface area (Å²) in [5, 5.41) is 17.2. The van der Waals surface area contributed by atoms with Crippen molar-refractivity contribution in [1.29, 1.82) is 0 Å².